The van der Waals surface area contributed by atoms with Crippen LogP contribution < -0.4 is 5.11 Å². The van der Waals surface area contributed by atoms with Gasteiger partial charge in [-0.25, -0.2) is 4.98 Å². The van der Waals surface area contributed by atoms with Gasteiger partial charge in [-0.15, -0.1) is 0 Å². The Morgan fingerprint density at radius 1 is 1.30 bits per heavy atom. The van der Waals surface area contributed by atoms with E-state index in [2.05, 4.69) is 4.98 Å². The number of aliphatic carboxylic acids is 1. The number of aromatic nitrogens is 1. The van der Waals surface area contributed by atoms with Crippen molar-refractivity contribution < 1.29 is 27.5 Å². The molecule has 0 unspecified atom stereocenters. The molecule has 0 bridgehead atoms. The first-order valence-corrected chi connectivity index (χ1v) is 5.61. The highest BCUT2D eigenvalue weighted by atomic mass is 19.4. The van der Waals surface area contributed by atoms with Crippen LogP contribution in [0.5, 0.6) is 0 Å². The van der Waals surface area contributed by atoms with Gasteiger partial charge in [0, 0.05) is 18.0 Å². The number of hydrogen-bond donors (Lipinski definition) is 0. The quantitative estimate of drug-likeness (QED) is 0.864. The number of carboxylic acid groups (broad SMARTS) is 1. The number of carbonyl (C=O) groups is 1. The Hall–Kier alpha value is -2.31. The highest BCUT2D eigenvalue weighted by molar-refractivity contribution is 5.67. The van der Waals surface area contributed by atoms with Gasteiger partial charge in [0.2, 0.25) is 5.89 Å². The Morgan fingerprint density at radius 3 is 2.40 bits per heavy atom. The Balaban J connectivity index is 2.30. The van der Waals surface area contributed by atoms with Crippen molar-refractivity contribution in [2.45, 2.75) is 19.5 Å². The fraction of sp³-hybridized carbons (Fsp3) is 0.231. The third-order valence-corrected chi connectivity index (χ3v) is 2.66. The van der Waals surface area contributed by atoms with Gasteiger partial charge in [0.25, 0.3) is 0 Å². The van der Waals surface area contributed by atoms with Crippen molar-refractivity contribution in [2.75, 3.05) is 0 Å². The van der Waals surface area contributed by atoms with Crippen molar-refractivity contribution in [3.63, 3.8) is 0 Å². The first kappa shape index (κ1) is 14.1. The van der Waals surface area contributed by atoms with E-state index >= 15 is 0 Å². The van der Waals surface area contributed by atoms with Gasteiger partial charge in [-0.2, -0.15) is 13.2 Å². The van der Waals surface area contributed by atoms with E-state index in [0.29, 0.717) is 11.3 Å². The summed E-state index contributed by atoms with van der Waals surface area (Å²) in [4.78, 5) is 14.5. The van der Waals surface area contributed by atoms with Gasteiger partial charge in [-0.05, 0) is 31.2 Å². The Labute approximate surface area is 111 Å². The lowest BCUT2D eigenvalue weighted by molar-refractivity contribution is -0.305. The second-order valence-corrected chi connectivity index (χ2v) is 4.15. The third kappa shape index (κ3) is 2.98. The molecule has 2 rings (SSSR count). The SMILES string of the molecule is Cc1nc(-c2ccc(C(F)(F)F)cc2)oc1CC(=O)[O-]. The van der Waals surface area contributed by atoms with Gasteiger partial charge in [0.15, 0.2) is 0 Å². The molecule has 1 heterocycles. The van der Waals surface area contributed by atoms with Crippen LogP contribution in [-0.2, 0) is 17.4 Å². The lowest BCUT2D eigenvalue weighted by atomic mass is 10.1. The minimum Gasteiger partial charge on any atom is -0.550 e. The van der Waals surface area contributed by atoms with Crippen LogP contribution >= 0.6 is 0 Å². The number of halogens is 3. The summed E-state index contributed by atoms with van der Waals surface area (Å²) >= 11 is 0. The van der Waals surface area contributed by atoms with Crippen molar-refractivity contribution in [1.29, 1.82) is 0 Å². The van der Waals surface area contributed by atoms with Crippen LogP contribution in [0, 0.1) is 6.92 Å². The van der Waals surface area contributed by atoms with Gasteiger partial charge in [-0.3, -0.25) is 0 Å². The Bertz CT molecular complexity index is 629. The minimum atomic E-state index is -4.41. The largest absolute Gasteiger partial charge is 0.550 e. The molecule has 106 valence electrons. The molecule has 20 heavy (non-hydrogen) atoms. The molecule has 1 aromatic heterocycles. The number of rotatable bonds is 3. The smallest absolute Gasteiger partial charge is 0.416 e. The minimum absolute atomic E-state index is 0.0764. The average molecular weight is 284 g/mol. The molecule has 2 aromatic rings. The standard InChI is InChI=1S/C13H10F3NO3/c1-7-10(6-11(18)19)20-12(17-7)8-2-4-9(5-3-8)13(14,15)16/h2-5H,6H2,1H3,(H,18,19)/p-1. The van der Waals surface area contributed by atoms with E-state index in [1.165, 1.54) is 12.1 Å². The summed E-state index contributed by atoms with van der Waals surface area (Å²) < 4.78 is 42.5. The van der Waals surface area contributed by atoms with Crippen LogP contribution in [0.15, 0.2) is 28.7 Å². The van der Waals surface area contributed by atoms with Crippen molar-refractivity contribution in [3.05, 3.63) is 41.3 Å². The predicted octanol–water partition coefficient (Wildman–Crippen LogP) is 1.96. The summed E-state index contributed by atoms with van der Waals surface area (Å²) in [7, 11) is 0. The molecular weight excluding hydrogens is 275 g/mol. The number of hydrogen-bond acceptors (Lipinski definition) is 4. The fourth-order valence-corrected chi connectivity index (χ4v) is 1.65. The number of benzene rings is 1. The Morgan fingerprint density at radius 2 is 1.90 bits per heavy atom. The first-order valence-electron chi connectivity index (χ1n) is 5.61. The molecule has 4 nitrogen and oxygen atoms in total. The number of nitrogens with zero attached hydrogens (tertiary/aromatic N) is 1. The average Bonchev–Trinajstić information content (AvgIpc) is 2.69. The highest BCUT2D eigenvalue weighted by Gasteiger charge is 2.30. The van der Waals surface area contributed by atoms with E-state index in [4.69, 9.17) is 4.42 Å². The lowest BCUT2D eigenvalue weighted by Gasteiger charge is -2.06. The summed E-state index contributed by atoms with van der Waals surface area (Å²) in [6.07, 6.45) is -4.84. The second-order valence-electron chi connectivity index (χ2n) is 4.15. The van der Waals surface area contributed by atoms with E-state index < -0.39 is 24.1 Å². The fourth-order valence-electron chi connectivity index (χ4n) is 1.65. The molecule has 0 N–H and O–H groups in total. The normalized spacial score (nSPS) is 11.6. The van der Waals surface area contributed by atoms with Gasteiger partial charge in [0.05, 0.1) is 11.3 Å². The molecule has 0 saturated carbocycles. The molecule has 0 fully saturated rings. The van der Waals surface area contributed by atoms with Crippen molar-refractivity contribution in [1.82, 2.24) is 4.98 Å². The van der Waals surface area contributed by atoms with Gasteiger partial charge < -0.3 is 14.3 Å². The van der Waals surface area contributed by atoms with Crippen molar-refractivity contribution in [2.24, 2.45) is 0 Å². The zero-order valence-electron chi connectivity index (χ0n) is 10.3. The van der Waals surface area contributed by atoms with Gasteiger partial charge >= 0.3 is 6.18 Å². The van der Waals surface area contributed by atoms with Crippen LogP contribution in [-0.4, -0.2) is 11.0 Å². The first-order chi connectivity index (χ1) is 9.27. The number of carbonyl (C=O) groups excluding carboxylic acids is 1. The summed E-state index contributed by atoms with van der Waals surface area (Å²) in [5.41, 5.74) is -0.0747. The molecule has 1 aromatic carbocycles. The van der Waals surface area contributed by atoms with E-state index in [1.54, 1.807) is 6.92 Å². The van der Waals surface area contributed by atoms with E-state index in [-0.39, 0.29) is 11.7 Å². The summed E-state index contributed by atoms with van der Waals surface area (Å²) in [5, 5.41) is 10.5. The zero-order chi connectivity index (χ0) is 14.9. The number of carboxylic acids is 1. The van der Waals surface area contributed by atoms with Crippen LogP contribution in [0.2, 0.25) is 0 Å². The molecule has 0 radical (unpaired) electrons. The lowest BCUT2D eigenvalue weighted by Crippen LogP contribution is -2.24. The van der Waals surface area contributed by atoms with Crippen LogP contribution in [0.3, 0.4) is 0 Å². The monoisotopic (exact) mass is 284 g/mol. The van der Waals surface area contributed by atoms with Crippen molar-refractivity contribution >= 4 is 5.97 Å². The topological polar surface area (TPSA) is 66.2 Å². The number of oxazole rings is 1. The molecular formula is C13H9F3NO3-. The maximum absolute atomic E-state index is 12.4. The molecule has 0 spiro atoms. The number of alkyl halides is 3. The summed E-state index contributed by atoms with van der Waals surface area (Å²) in [6, 6.07) is 4.26. The predicted molar refractivity (Wildman–Crippen MR) is 60.4 cm³/mol. The van der Waals surface area contributed by atoms with Crippen LogP contribution in [0.25, 0.3) is 11.5 Å². The van der Waals surface area contributed by atoms with Crippen LogP contribution in [0.4, 0.5) is 13.2 Å². The molecule has 7 heteroatoms. The number of aryl methyl sites for hydroxylation is 1. The highest BCUT2D eigenvalue weighted by Crippen LogP contribution is 2.31. The van der Waals surface area contributed by atoms with Crippen LogP contribution in [0.1, 0.15) is 17.0 Å². The molecule has 0 aliphatic rings. The van der Waals surface area contributed by atoms with E-state index in [1.807, 2.05) is 0 Å². The third-order valence-electron chi connectivity index (χ3n) is 2.66. The van der Waals surface area contributed by atoms with Gasteiger partial charge in [-0.1, -0.05) is 0 Å². The maximum atomic E-state index is 12.4. The zero-order valence-corrected chi connectivity index (χ0v) is 10.3. The summed E-state index contributed by atoms with van der Waals surface area (Å²) in [5.74, 6) is -1.12. The summed E-state index contributed by atoms with van der Waals surface area (Å²) in [6.45, 7) is 1.55. The second kappa shape index (κ2) is 4.99. The molecule has 0 aliphatic heterocycles. The maximum Gasteiger partial charge on any atom is 0.416 e. The molecule has 0 amide bonds. The molecule has 0 saturated heterocycles. The van der Waals surface area contributed by atoms with Crippen molar-refractivity contribution in [3.8, 4) is 11.5 Å². The molecule has 0 aliphatic carbocycles. The van der Waals surface area contributed by atoms with E-state index in [9.17, 15) is 23.1 Å². The molecule has 0 atom stereocenters. The van der Waals surface area contributed by atoms with Gasteiger partial charge in [0.1, 0.15) is 5.76 Å². The Kier molecular flexibility index (Phi) is 3.52. The van der Waals surface area contributed by atoms with E-state index in [0.717, 1.165) is 12.1 Å².